The lowest BCUT2D eigenvalue weighted by Crippen LogP contribution is -2.07. The molecule has 0 radical (unpaired) electrons. The third-order valence-corrected chi connectivity index (χ3v) is 2.97. The van der Waals surface area contributed by atoms with Crippen LogP contribution in [-0.4, -0.2) is 28.2 Å². The standard InChI is InChI=1S/C15H14FNO4/c1-3-21-15(20)10-6-9(2)17(8-10)13-7-11(16)4-5-12(13)14(18)19/h4-8H,3H2,1-2H3,(H,18,19). The molecule has 0 saturated heterocycles. The van der Waals surface area contributed by atoms with E-state index in [4.69, 9.17) is 4.74 Å². The summed E-state index contributed by atoms with van der Waals surface area (Å²) in [5, 5.41) is 9.18. The largest absolute Gasteiger partial charge is 0.478 e. The van der Waals surface area contributed by atoms with Crippen LogP contribution in [0.5, 0.6) is 0 Å². The van der Waals surface area contributed by atoms with Gasteiger partial charge in [-0.3, -0.25) is 0 Å². The maximum Gasteiger partial charge on any atom is 0.339 e. The monoisotopic (exact) mass is 291 g/mol. The first-order valence-corrected chi connectivity index (χ1v) is 6.33. The Morgan fingerprint density at radius 2 is 2.05 bits per heavy atom. The molecule has 0 fully saturated rings. The van der Waals surface area contributed by atoms with Gasteiger partial charge in [0.25, 0.3) is 0 Å². The number of rotatable bonds is 4. The van der Waals surface area contributed by atoms with Crippen LogP contribution in [0.2, 0.25) is 0 Å². The Morgan fingerprint density at radius 1 is 1.33 bits per heavy atom. The van der Waals surface area contributed by atoms with Gasteiger partial charge in [0.05, 0.1) is 23.4 Å². The molecule has 0 aliphatic rings. The first-order chi connectivity index (χ1) is 9.93. The van der Waals surface area contributed by atoms with Gasteiger partial charge in [-0.2, -0.15) is 0 Å². The van der Waals surface area contributed by atoms with Crippen molar-refractivity contribution < 1.29 is 23.8 Å². The third-order valence-electron chi connectivity index (χ3n) is 2.97. The molecule has 1 heterocycles. The Labute approximate surface area is 120 Å². The number of carboxylic acids is 1. The summed E-state index contributed by atoms with van der Waals surface area (Å²) >= 11 is 0. The van der Waals surface area contributed by atoms with Crippen LogP contribution in [0.3, 0.4) is 0 Å². The number of carbonyl (C=O) groups excluding carboxylic acids is 1. The van der Waals surface area contributed by atoms with Gasteiger partial charge in [0.15, 0.2) is 0 Å². The quantitative estimate of drug-likeness (QED) is 0.879. The number of aryl methyl sites for hydroxylation is 1. The van der Waals surface area contributed by atoms with Crippen LogP contribution in [0.4, 0.5) is 4.39 Å². The number of aromatic nitrogens is 1. The fraction of sp³-hybridized carbons (Fsp3) is 0.200. The average molecular weight is 291 g/mol. The molecule has 0 unspecified atom stereocenters. The van der Waals surface area contributed by atoms with E-state index in [1.165, 1.54) is 16.8 Å². The van der Waals surface area contributed by atoms with Crippen molar-refractivity contribution in [1.82, 2.24) is 4.57 Å². The van der Waals surface area contributed by atoms with E-state index in [1.807, 2.05) is 0 Å². The first-order valence-electron chi connectivity index (χ1n) is 6.33. The number of esters is 1. The number of hydrogen-bond donors (Lipinski definition) is 1. The second-order valence-corrected chi connectivity index (χ2v) is 4.43. The summed E-state index contributed by atoms with van der Waals surface area (Å²) in [7, 11) is 0. The molecule has 1 N–H and O–H groups in total. The van der Waals surface area contributed by atoms with Crippen molar-refractivity contribution in [2.24, 2.45) is 0 Å². The third kappa shape index (κ3) is 2.94. The molecule has 5 nitrogen and oxygen atoms in total. The predicted octanol–water partition coefficient (Wildman–Crippen LogP) is 2.80. The van der Waals surface area contributed by atoms with Gasteiger partial charge < -0.3 is 14.4 Å². The fourth-order valence-electron chi connectivity index (χ4n) is 2.04. The Bertz CT molecular complexity index is 706. The zero-order valence-electron chi connectivity index (χ0n) is 11.6. The lowest BCUT2D eigenvalue weighted by molar-refractivity contribution is 0.0526. The van der Waals surface area contributed by atoms with Gasteiger partial charge in [-0.05, 0) is 38.1 Å². The molecule has 2 aromatic rings. The van der Waals surface area contributed by atoms with Crippen molar-refractivity contribution in [3.63, 3.8) is 0 Å². The molecule has 21 heavy (non-hydrogen) atoms. The van der Waals surface area contributed by atoms with Crippen molar-refractivity contribution >= 4 is 11.9 Å². The number of nitrogens with zero attached hydrogens (tertiary/aromatic N) is 1. The Morgan fingerprint density at radius 3 is 2.67 bits per heavy atom. The van der Waals surface area contributed by atoms with Gasteiger partial charge in [-0.25, -0.2) is 14.0 Å². The van der Waals surface area contributed by atoms with Crippen molar-refractivity contribution in [1.29, 1.82) is 0 Å². The summed E-state index contributed by atoms with van der Waals surface area (Å²) in [5.74, 6) is -2.23. The molecule has 0 amide bonds. The molecular formula is C15H14FNO4. The van der Waals surface area contributed by atoms with Crippen molar-refractivity contribution in [2.75, 3.05) is 6.61 Å². The SMILES string of the molecule is CCOC(=O)c1cc(C)n(-c2cc(F)ccc2C(=O)O)c1. The van der Waals surface area contributed by atoms with Crippen LogP contribution in [0.25, 0.3) is 5.69 Å². The van der Waals surface area contributed by atoms with Gasteiger partial charge in [-0.15, -0.1) is 0 Å². The molecule has 0 bridgehead atoms. The Kier molecular flexibility index (Phi) is 4.07. The van der Waals surface area contributed by atoms with E-state index in [9.17, 15) is 19.1 Å². The van der Waals surface area contributed by atoms with Crippen LogP contribution in [0.15, 0.2) is 30.5 Å². The normalized spacial score (nSPS) is 10.4. The average Bonchev–Trinajstić information content (AvgIpc) is 2.80. The number of carboxylic acid groups (broad SMARTS) is 1. The van der Waals surface area contributed by atoms with Crippen LogP contribution in [0, 0.1) is 12.7 Å². The first kappa shape index (κ1) is 14.8. The summed E-state index contributed by atoms with van der Waals surface area (Å²) < 4.78 is 19.8. The fourth-order valence-corrected chi connectivity index (χ4v) is 2.04. The minimum absolute atomic E-state index is 0.0505. The van der Waals surface area contributed by atoms with Crippen molar-refractivity contribution in [2.45, 2.75) is 13.8 Å². The number of hydrogen-bond acceptors (Lipinski definition) is 3. The van der Waals surface area contributed by atoms with E-state index in [0.29, 0.717) is 5.69 Å². The summed E-state index contributed by atoms with van der Waals surface area (Å²) in [5.41, 5.74) is 1.00. The highest BCUT2D eigenvalue weighted by molar-refractivity contribution is 5.93. The van der Waals surface area contributed by atoms with E-state index in [1.54, 1.807) is 19.9 Å². The minimum atomic E-state index is -1.17. The van der Waals surface area contributed by atoms with Gasteiger partial charge >= 0.3 is 11.9 Å². The highest BCUT2D eigenvalue weighted by atomic mass is 19.1. The van der Waals surface area contributed by atoms with Gasteiger partial charge in [0.1, 0.15) is 5.82 Å². The molecule has 1 aromatic carbocycles. The number of halogens is 1. The molecular weight excluding hydrogens is 277 g/mol. The lowest BCUT2D eigenvalue weighted by Gasteiger charge is -2.09. The van der Waals surface area contributed by atoms with Crippen molar-refractivity contribution in [3.8, 4) is 5.69 Å². The molecule has 110 valence electrons. The maximum absolute atomic E-state index is 13.4. The van der Waals surface area contributed by atoms with Gasteiger partial charge in [-0.1, -0.05) is 0 Å². The van der Waals surface area contributed by atoms with Gasteiger partial charge in [0.2, 0.25) is 0 Å². The zero-order valence-corrected chi connectivity index (χ0v) is 11.6. The molecule has 0 saturated carbocycles. The molecule has 6 heteroatoms. The lowest BCUT2D eigenvalue weighted by atomic mass is 10.1. The molecule has 1 aromatic heterocycles. The molecule has 0 spiro atoms. The van der Waals surface area contributed by atoms with E-state index in [2.05, 4.69) is 0 Å². The molecule has 0 atom stereocenters. The number of carbonyl (C=O) groups is 2. The molecule has 2 rings (SSSR count). The topological polar surface area (TPSA) is 68.5 Å². The molecule has 0 aliphatic carbocycles. The van der Waals surface area contributed by atoms with Crippen LogP contribution < -0.4 is 0 Å². The number of ether oxygens (including phenoxy) is 1. The van der Waals surface area contributed by atoms with E-state index in [-0.39, 0.29) is 23.4 Å². The van der Waals surface area contributed by atoms with E-state index < -0.39 is 17.8 Å². The summed E-state index contributed by atoms with van der Waals surface area (Å²) in [4.78, 5) is 22.9. The van der Waals surface area contributed by atoms with Crippen molar-refractivity contribution in [3.05, 3.63) is 53.1 Å². The Hall–Kier alpha value is -2.63. The van der Waals surface area contributed by atoms with Gasteiger partial charge in [0, 0.05) is 11.9 Å². The predicted molar refractivity (Wildman–Crippen MR) is 73.4 cm³/mol. The summed E-state index contributed by atoms with van der Waals surface area (Å²) in [6.07, 6.45) is 1.44. The maximum atomic E-state index is 13.4. The van der Waals surface area contributed by atoms with Crippen LogP contribution in [-0.2, 0) is 4.74 Å². The minimum Gasteiger partial charge on any atom is -0.478 e. The van der Waals surface area contributed by atoms with Crippen LogP contribution in [0.1, 0.15) is 33.3 Å². The zero-order chi connectivity index (χ0) is 15.6. The second-order valence-electron chi connectivity index (χ2n) is 4.43. The highest BCUT2D eigenvalue weighted by Crippen LogP contribution is 2.21. The number of benzene rings is 1. The highest BCUT2D eigenvalue weighted by Gasteiger charge is 2.17. The second kappa shape index (κ2) is 5.78. The Balaban J connectivity index is 2.55. The smallest absolute Gasteiger partial charge is 0.339 e. The summed E-state index contributed by atoms with van der Waals surface area (Å²) in [6, 6.07) is 4.95. The van der Waals surface area contributed by atoms with Crippen LogP contribution >= 0.6 is 0 Å². The molecule has 0 aliphatic heterocycles. The van der Waals surface area contributed by atoms with E-state index >= 15 is 0 Å². The van der Waals surface area contributed by atoms with E-state index in [0.717, 1.165) is 12.1 Å². The number of aromatic carboxylic acids is 1. The summed E-state index contributed by atoms with van der Waals surface area (Å²) in [6.45, 7) is 3.62.